The van der Waals surface area contributed by atoms with E-state index in [1.807, 2.05) is 6.26 Å². The molecule has 0 aliphatic heterocycles. The molecule has 0 aromatic heterocycles. The van der Waals surface area contributed by atoms with Crippen LogP contribution in [0, 0.1) is 0 Å². The van der Waals surface area contributed by atoms with E-state index in [1.165, 1.54) is 6.07 Å². The van der Waals surface area contributed by atoms with Crippen molar-refractivity contribution in [3.63, 3.8) is 0 Å². The van der Waals surface area contributed by atoms with Crippen molar-refractivity contribution in [3.05, 3.63) is 28.2 Å². The Bertz CT molecular complexity index is 453. The minimum atomic E-state index is -4.91. The van der Waals surface area contributed by atoms with Crippen LogP contribution in [-0.2, 0) is 10.3 Å². The molecule has 0 bridgehead atoms. The third kappa shape index (κ3) is 7.63. The van der Waals surface area contributed by atoms with Crippen molar-refractivity contribution in [2.24, 2.45) is 0 Å². The fraction of sp³-hybridized carbons (Fsp3) is 0.333. The molecule has 1 unspecified atom stereocenters. The minimum Gasteiger partial charge on any atom is -0.420 e. The molecule has 1 N–H and O–H groups in total. The molecule has 0 aliphatic carbocycles. The molecule has 10 heteroatoms. The van der Waals surface area contributed by atoms with E-state index in [-0.39, 0.29) is 64.9 Å². The molecule has 98 valence electrons. The summed E-state index contributed by atoms with van der Waals surface area (Å²) in [5, 5.41) is 0. The predicted octanol–water partition coefficient (Wildman–Crippen LogP) is 3.34. The average Bonchev–Trinajstić information content (AvgIpc) is 2.22. The van der Waals surface area contributed by atoms with E-state index in [4.69, 9.17) is 4.89 Å². The van der Waals surface area contributed by atoms with E-state index in [2.05, 4.69) is 20.5 Å². The largest absolute Gasteiger partial charge is 0.442 e. The zero-order valence-corrected chi connectivity index (χ0v) is 18.1. The van der Waals surface area contributed by atoms with Gasteiger partial charge in [0.2, 0.25) is 0 Å². The van der Waals surface area contributed by atoms with Gasteiger partial charge in [-0.1, -0.05) is 6.07 Å². The van der Waals surface area contributed by atoms with Crippen molar-refractivity contribution in [1.29, 1.82) is 0 Å². The van der Waals surface area contributed by atoms with E-state index >= 15 is 0 Å². The number of benzene rings is 1. The van der Waals surface area contributed by atoms with Crippen LogP contribution in [0.4, 0.5) is 8.78 Å². The molecule has 1 atom stereocenters. The minimum absolute atomic E-state index is 0. The number of hydrogen-bond acceptors (Lipinski definition) is 3. The Labute approximate surface area is 167 Å². The van der Waals surface area contributed by atoms with E-state index in [1.54, 1.807) is 23.9 Å². The molecule has 1 aromatic carbocycles. The van der Waals surface area contributed by atoms with Gasteiger partial charge in [0.15, 0.2) is 0 Å². The number of hydrogen-bond donors (Lipinski definition) is 1. The molecular formula is C9H10BrF2Na2O3PS. The van der Waals surface area contributed by atoms with Crippen LogP contribution < -0.4 is 4.52 Å². The molecule has 0 heterocycles. The Balaban J connectivity index is 0. The van der Waals surface area contributed by atoms with Gasteiger partial charge < -0.3 is 9.42 Å². The summed E-state index contributed by atoms with van der Waals surface area (Å²) in [6.45, 7) is 0. The van der Waals surface area contributed by atoms with Gasteiger partial charge in [-0.15, -0.1) is 0 Å². The van der Waals surface area contributed by atoms with Crippen molar-refractivity contribution in [3.8, 4) is 5.75 Å². The molecule has 0 fully saturated rings. The summed E-state index contributed by atoms with van der Waals surface area (Å²) in [4.78, 5) is 8.90. The molecule has 0 saturated heterocycles. The summed E-state index contributed by atoms with van der Waals surface area (Å²) in [7, 11) is -4.91. The van der Waals surface area contributed by atoms with Crippen molar-refractivity contribution in [2.75, 3.05) is 6.26 Å². The van der Waals surface area contributed by atoms with E-state index < -0.39 is 13.8 Å². The molecule has 1 aromatic rings. The van der Waals surface area contributed by atoms with Crippen LogP contribution in [-0.4, -0.2) is 76.4 Å². The summed E-state index contributed by atoms with van der Waals surface area (Å²) < 4.78 is 40.2. The monoisotopic (exact) mass is 392 g/mol. The summed E-state index contributed by atoms with van der Waals surface area (Å²) >= 11 is 4.71. The second-order valence-electron chi connectivity index (χ2n) is 3.13. The first kappa shape index (κ1) is 23.2. The van der Waals surface area contributed by atoms with Gasteiger partial charge in [-0.2, -0.15) is 20.5 Å². The topological polar surface area (TPSA) is 46.5 Å². The number of halogens is 3. The number of thioether (sulfide) groups is 1. The van der Waals surface area contributed by atoms with Crippen LogP contribution in [0.1, 0.15) is 5.56 Å². The van der Waals surface area contributed by atoms with Gasteiger partial charge in [0.25, 0.3) is 0 Å². The molecule has 19 heavy (non-hydrogen) atoms. The maximum absolute atomic E-state index is 12.2. The van der Waals surface area contributed by atoms with Crippen LogP contribution in [0.15, 0.2) is 22.7 Å². The predicted molar refractivity (Wildman–Crippen MR) is 79.3 cm³/mol. The van der Waals surface area contributed by atoms with Gasteiger partial charge in [-0.25, -0.2) is 4.57 Å². The Morgan fingerprint density at radius 3 is 2.47 bits per heavy atom. The van der Waals surface area contributed by atoms with Crippen LogP contribution in [0.25, 0.3) is 0 Å². The normalized spacial score (nSPS) is 13.2. The van der Waals surface area contributed by atoms with Crippen molar-refractivity contribution in [2.45, 2.75) is 11.9 Å². The Morgan fingerprint density at radius 1 is 1.47 bits per heavy atom. The van der Waals surface area contributed by atoms with Crippen LogP contribution in [0.5, 0.6) is 5.75 Å². The number of rotatable bonds is 5. The van der Waals surface area contributed by atoms with Crippen LogP contribution in [0.2, 0.25) is 0 Å². The maximum Gasteiger partial charge on any atom is 0.442 e. The fourth-order valence-corrected chi connectivity index (χ4v) is 2.72. The summed E-state index contributed by atoms with van der Waals surface area (Å²) in [5.74, 6) is 0.686. The van der Waals surface area contributed by atoms with Crippen molar-refractivity contribution in [1.82, 2.24) is 0 Å². The third-order valence-corrected chi connectivity index (χ3v) is 3.98. The van der Waals surface area contributed by atoms with Gasteiger partial charge >= 0.3 is 13.8 Å². The van der Waals surface area contributed by atoms with E-state index in [0.29, 0.717) is 4.47 Å². The average molecular weight is 393 g/mol. The SMILES string of the molecule is CSCc1ccc(OP(=O)(O)C(F)F)c(Br)c1.[Na].[Na]. The molecule has 2 radical (unpaired) electrons. The standard InChI is InChI=1S/C9H10BrF2O3PS.2Na/c1-17-5-6-2-3-8(7(10)4-6)15-16(13,14)9(11)12;;/h2-4,9H,5H2,1H3,(H,13,14);;. The zero-order valence-electron chi connectivity index (χ0n) is 10.8. The van der Waals surface area contributed by atoms with Gasteiger partial charge in [0.1, 0.15) is 5.75 Å². The first-order valence-electron chi connectivity index (χ1n) is 4.44. The van der Waals surface area contributed by atoms with Crippen LogP contribution >= 0.6 is 35.3 Å². The molecule has 0 amide bonds. The molecule has 0 aliphatic rings. The van der Waals surface area contributed by atoms with Gasteiger partial charge in [0, 0.05) is 64.9 Å². The Morgan fingerprint density at radius 2 is 2.05 bits per heavy atom. The van der Waals surface area contributed by atoms with Crippen molar-refractivity contribution >= 4 is 94.4 Å². The Kier molecular flexibility index (Phi) is 12.9. The Hall–Kier alpha value is 1.90. The summed E-state index contributed by atoms with van der Waals surface area (Å²) in [6.07, 6.45) is -1.49. The summed E-state index contributed by atoms with van der Waals surface area (Å²) in [6, 6.07) is 4.71. The number of alkyl halides is 2. The molecule has 0 saturated carbocycles. The smallest absolute Gasteiger partial charge is 0.420 e. The zero-order chi connectivity index (χ0) is 13.1. The van der Waals surface area contributed by atoms with Crippen LogP contribution in [0.3, 0.4) is 0 Å². The maximum atomic E-state index is 12.2. The van der Waals surface area contributed by atoms with E-state index in [0.717, 1.165) is 11.3 Å². The molecule has 3 nitrogen and oxygen atoms in total. The second kappa shape index (κ2) is 10.6. The quantitative estimate of drug-likeness (QED) is 0.616. The molecule has 1 rings (SSSR count). The first-order valence-corrected chi connectivity index (χ1v) is 8.27. The van der Waals surface area contributed by atoms with Crippen molar-refractivity contribution < 1.29 is 22.8 Å². The molecule has 0 spiro atoms. The summed E-state index contributed by atoms with van der Waals surface area (Å²) in [5.41, 5.74) is 0.960. The van der Waals surface area contributed by atoms with Gasteiger partial charge in [-0.3, -0.25) is 0 Å². The van der Waals surface area contributed by atoms with Gasteiger partial charge in [0.05, 0.1) is 4.47 Å². The second-order valence-corrected chi connectivity index (χ2v) is 6.55. The molecular weight excluding hydrogens is 383 g/mol. The fourth-order valence-electron chi connectivity index (χ4n) is 1.06. The third-order valence-electron chi connectivity index (χ3n) is 1.78. The van der Waals surface area contributed by atoms with E-state index in [9.17, 15) is 13.3 Å². The van der Waals surface area contributed by atoms with Gasteiger partial charge in [-0.05, 0) is 39.9 Å². The first-order chi connectivity index (χ1) is 7.86.